The molecule has 4 rings (SSSR count). The van der Waals surface area contributed by atoms with Crippen LogP contribution in [0.4, 0.5) is 32.0 Å². The molecule has 0 aliphatic heterocycles. The van der Waals surface area contributed by atoms with E-state index in [9.17, 15) is 41.0 Å². The molecular weight excluding hydrogens is 514 g/mol. The molecule has 0 unspecified atom stereocenters. The fourth-order valence-electron chi connectivity index (χ4n) is 3.90. The van der Waals surface area contributed by atoms with Crippen molar-refractivity contribution in [2.75, 3.05) is 5.32 Å². The van der Waals surface area contributed by atoms with Gasteiger partial charge in [0.1, 0.15) is 11.5 Å². The van der Waals surface area contributed by atoms with E-state index in [2.05, 4.69) is 10.3 Å². The Hall–Kier alpha value is -3.60. The molecule has 0 bridgehead atoms. The van der Waals surface area contributed by atoms with Gasteiger partial charge in [-0.2, -0.15) is 13.2 Å². The number of nitrogens with zero attached hydrogens (tertiary/aromatic N) is 1. The van der Waals surface area contributed by atoms with E-state index in [0.717, 1.165) is 24.4 Å². The van der Waals surface area contributed by atoms with Crippen molar-refractivity contribution in [2.45, 2.75) is 30.9 Å². The predicted molar refractivity (Wildman–Crippen MR) is 118 cm³/mol. The van der Waals surface area contributed by atoms with Gasteiger partial charge in [0.25, 0.3) is 6.43 Å². The van der Waals surface area contributed by atoms with Gasteiger partial charge in [0.05, 0.1) is 21.6 Å². The number of aromatic carboxylic acids is 1. The first-order valence-corrected chi connectivity index (χ1v) is 10.7. The highest BCUT2D eigenvalue weighted by atomic mass is 35.5. The highest BCUT2D eigenvalue weighted by molar-refractivity contribution is 6.34. The number of anilines is 1. The van der Waals surface area contributed by atoms with Crippen LogP contribution < -0.4 is 5.32 Å². The highest BCUT2D eigenvalue weighted by Gasteiger charge is 2.53. The maximum Gasteiger partial charge on any atom is 0.416 e. The Labute approximate surface area is 204 Å². The monoisotopic (exact) mass is 528 g/mol. The molecule has 5 nitrogen and oxygen atoms in total. The van der Waals surface area contributed by atoms with Crippen LogP contribution in [-0.2, 0) is 16.4 Å². The SMILES string of the molecule is O=C(O)c1cc(NC(=O)C2(c3ccc(C(F)(F)F)cc3F)CC2)cc(Cl)c1-c1ccc(C(F)F)nc1. The number of alkyl halides is 5. The lowest BCUT2D eigenvalue weighted by atomic mass is 9.93. The largest absolute Gasteiger partial charge is 0.478 e. The summed E-state index contributed by atoms with van der Waals surface area (Å²) in [7, 11) is 0. The number of nitrogens with one attached hydrogen (secondary N) is 1. The van der Waals surface area contributed by atoms with Gasteiger partial charge in [-0.1, -0.05) is 23.7 Å². The summed E-state index contributed by atoms with van der Waals surface area (Å²) in [5, 5.41) is 12.0. The summed E-state index contributed by atoms with van der Waals surface area (Å²) in [6.07, 6.45) is -6.20. The first-order chi connectivity index (χ1) is 16.8. The van der Waals surface area contributed by atoms with Crippen molar-refractivity contribution in [2.24, 2.45) is 0 Å². The molecule has 2 aromatic carbocycles. The van der Waals surface area contributed by atoms with Crippen LogP contribution in [0, 0.1) is 5.82 Å². The van der Waals surface area contributed by atoms with Crippen LogP contribution >= 0.6 is 11.6 Å². The summed E-state index contributed by atoms with van der Waals surface area (Å²) < 4.78 is 78.7. The van der Waals surface area contributed by atoms with Gasteiger partial charge in [0, 0.05) is 28.6 Å². The smallest absolute Gasteiger partial charge is 0.416 e. The van der Waals surface area contributed by atoms with Gasteiger partial charge < -0.3 is 10.4 Å². The summed E-state index contributed by atoms with van der Waals surface area (Å²) in [4.78, 5) is 28.5. The molecule has 0 spiro atoms. The maximum atomic E-state index is 14.5. The van der Waals surface area contributed by atoms with E-state index in [1.807, 2.05) is 0 Å². The molecule has 1 heterocycles. The second-order valence-electron chi connectivity index (χ2n) is 8.19. The Morgan fingerprint density at radius 1 is 1.08 bits per heavy atom. The number of pyridine rings is 1. The Morgan fingerprint density at radius 3 is 2.28 bits per heavy atom. The molecule has 1 aliphatic carbocycles. The lowest BCUT2D eigenvalue weighted by Gasteiger charge is -2.19. The normalized spacial score (nSPS) is 14.6. The molecule has 1 amide bonds. The van der Waals surface area contributed by atoms with Crippen LogP contribution in [0.25, 0.3) is 11.1 Å². The van der Waals surface area contributed by atoms with Crippen LogP contribution in [0.5, 0.6) is 0 Å². The van der Waals surface area contributed by atoms with Gasteiger partial charge in [-0.15, -0.1) is 0 Å². The zero-order valence-corrected chi connectivity index (χ0v) is 18.7. The molecule has 2 N–H and O–H groups in total. The van der Waals surface area contributed by atoms with Crippen molar-refractivity contribution in [3.05, 3.63) is 81.9 Å². The molecule has 1 fully saturated rings. The summed E-state index contributed by atoms with van der Waals surface area (Å²) in [6, 6.07) is 6.49. The van der Waals surface area contributed by atoms with Gasteiger partial charge in [-0.25, -0.2) is 18.0 Å². The average Bonchev–Trinajstić information content (AvgIpc) is 3.60. The van der Waals surface area contributed by atoms with Crippen LogP contribution in [0.1, 0.15) is 46.4 Å². The Bertz CT molecular complexity index is 1360. The van der Waals surface area contributed by atoms with Crippen LogP contribution in [0.15, 0.2) is 48.7 Å². The number of hydrogen-bond donors (Lipinski definition) is 2. The first kappa shape index (κ1) is 25.5. The van der Waals surface area contributed by atoms with E-state index in [-0.39, 0.29) is 45.8 Å². The van der Waals surface area contributed by atoms with E-state index in [1.165, 1.54) is 12.1 Å². The number of benzene rings is 2. The van der Waals surface area contributed by atoms with E-state index in [4.69, 9.17) is 11.6 Å². The lowest BCUT2D eigenvalue weighted by molar-refractivity contribution is -0.137. The van der Waals surface area contributed by atoms with Crippen molar-refractivity contribution in [3.63, 3.8) is 0 Å². The first-order valence-electron chi connectivity index (χ1n) is 10.3. The van der Waals surface area contributed by atoms with E-state index < -0.39 is 47.0 Å². The Morgan fingerprint density at radius 2 is 1.78 bits per heavy atom. The van der Waals surface area contributed by atoms with Crippen LogP contribution in [0.2, 0.25) is 5.02 Å². The van der Waals surface area contributed by atoms with E-state index >= 15 is 0 Å². The van der Waals surface area contributed by atoms with Gasteiger partial charge in [0.2, 0.25) is 5.91 Å². The van der Waals surface area contributed by atoms with Crippen molar-refractivity contribution in [3.8, 4) is 11.1 Å². The summed E-state index contributed by atoms with van der Waals surface area (Å²) in [5.74, 6) is -3.36. The van der Waals surface area contributed by atoms with Crippen molar-refractivity contribution in [1.82, 2.24) is 4.98 Å². The number of hydrogen-bond acceptors (Lipinski definition) is 3. The zero-order valence-electron chi connectivity index (χ0n) is 18.0. The highest BCUT2D eigenvalue weighted by Crippen LogP contribution is 2.50. The van der Waals surface area contributed by atoms with Gasteiger partial charge in [0.15, 0.2) is 0 Å². The van der Waals surface area contributed by atoms with Crippen molar-refractivity contribution >= 4 is 29.2 Å². The Balaban J connectivity index is 1.65. The lowest BCUT2D eigenvalue weighted by Crippen LogP contribution is -2.29. The number of amides is 1. The van der Waals surface area contributed by atoms with E-state index in [1.54, 1.807) is 0 Å². The number of rotatable bonds is 6. The number of halogens is 7. The number of carboxylic acids is 1. The van der Waals surface area contributed by atoms with E-state index in [0.29, 0.717) is 12.1 Å². The minimum Gasteiger partial charge on any atom is -0.478 e. The molecule has 1 saturated carbocycles. The third-order valence-electron chi connectivity index (χ3n) is 5.87. The molecular formula is C24H15ClF6N2O3. The predicted octanol–water partition coefficient (Wildman–Crippen LogP) is 6.87. The minimum atomic E-state index is -4.75. The van der Waals surface area contributed by atoms with Crippen LogP contribution in [0.3, 0.4) is 0 Å². The number of aromatic nitrogens is 1. The topological polar surface area (TPSA) is 79.3 Å². The standard InChI is InChI=1S/C24H15ClF6N2O3/c25-16-9-13(8-14(21(34)35)19(16)11-1-4-18(20(27)28)32-10-11)33-22(36)23(5-6-23)15-3-2-12(7-17(15)26)24(29,30)31/h1-4,7-10,20H,5-6H2,(H,33,36)(H,34,35). The molecule has 12 heteroatoms. The van der Waals surface area contributed by atoms with Gasteiger partial charge in [-0.05, 0) is 43.2 Å². The fraction of sp³-hybridized carbons (Fsp3) is 0.208. The third kappa shape index (κ3) is 4.75. The summed E-state index contributed by atoms with van der Waals surface area (Å²) in [6.45, 7) is 0. The summed E-state index contributed by atoms with van der Waals surface area (Å²) in [5.41, 5.74) is -3.63. The number of carbonyl (C=O) groups excluding carboxylic acids is 1. The number of carbonyl (C=O) groups is 2. The fourth-order valence-corrected chi connectivity index (χ4v) is 4.23. The quantitative estimate of drug-likeness (QED) is 0.342. The molecule has 1 aromatic heterocycles. The van der Waals surface area contributed by atoms with Gasteiger partial charge in [-0.3, -0.25) is 9.78 Å². The summed E-state index contributed by atoms with van der Waals surface area (Å²) >= 11 is 6.27. The number of carboxylic acid groups (broad SMARTS) is 1. The van der Waals surface area contributed by atoms with Crippen molar-refractivity contribution < 1.29 is 41.0 Å². The molecule has 0 atom stereocenters. The molecule has 0 radical (unpaired) electrons. The zero-order chi connectivity index (χ0) is 26.4. The minimum absolute atomic E-state index is 0.0228. The molecule has 1 aliphatic rings. The average molecular weight is 529 g/mol. The second kappa shape index (κ2) is 9.12. The molecule has 0 saturated heterocycles. The Kier molecular flexibility index (Phi) is 6.46. The van der Waals surface area contributed by atoms with Crippen LogP contribution in [-0.4, -0.2) is 22.0 Å². The molecule has 188 valence electrons. The molecule has 3 aromatic rings. The van der Waals surface area contributed by atoms with Crippen molar-refractivity contribution in [1.29, 1.82) is 0 Å². The maximum absolute atomic E-state index is 14.5. The van der Waals surface area contributed by atoms with Gasteiger partial charge >= 0.3 is 12.1 Å². The third-order valence-corrected chi connectivity index (χ3v) is 6.17. The second-order valence-corrected chi connectivity index (χ2v) is 8.59. The molecule has 36 heavy (non-hydrogen) atoms.